The van der Waals surface area contributed by atoms with Crippen LogP contribution in [0.2, 0.25) is 0 Å². The van der Waals surface area contributed by atoms with E-state index in [0.29, 0.717) is 0 Å². The van der Waals surface area contributed by atoms with E-state index >= 15 is 0 Å². The van der Waals surface area contributed by atoms with Crippen molar-refractivity contribution < 1.29 is 4.74 Å². The van der Waals surface area contributed by atoms with Gasteiger partial charge in [0.25, 0.3) is 0 Å². The number of thiazole rings is 1. The van der Waals surface area contributed by atoms with Crippen LogP contribution in [0.1, 0.15) is 68.6 Å². The van der Waals surface area contributed by atoms with Crippen molar-refractivity contribution in [3.63, 3.8) is 0 Å². The number of aromatic nitrogens is 1. The summed E-state index contributed by atoms with van der Waals surface area (Å²) >= 11 is 1.84. The third-order valence-electron chi connectivity index (χ3n) is 3.27. The lowest BCUT2D eigenvalue weighted by atomic mass is 10.1. The van der Waals surface area contributed by atoms with E-state index in [-0.39, 0.29) is 11.6 Å². The molecule has 0 aliphatic carbocycles. The van der Waals surface area contributed by atoms with Crippen LogP contribution in [0.3, 0.4) is 0 Å². The zero-order chi connectivity index (χ0) is 13.9. The Kier molecular flexibility index (Phi) is 4.98. The number of nitrogens with zero attached hydrogens (tertiary/aromatic N) is 1. The Labute approximate surface area is 120 Å². The summed E-state index contributed by atoms with van der Waals surface area (Å²) in [5, 5.41) is 4.76. The highest BCUT2D eigenvalue weighted by Gasteiger charge is 2.23. The molecule has 1 aliphatic rings. The van der Waals surface area contributed by atoms with Gasteiger partial charge in [0.2, 0.25) is 0 Å². The molecule has 1 N–H and O–H groups in total. The van der Waals surface area contributed by atoms with Gasteiger partial charge in [-0.15, -0.1) is 11.3 Å². The Bertz CT molecular complexity index is 403. The van der Waals surface area contributed by atoms with Gasteiger partial charge in [-0.2, -0.15) is 0 Å². The first-order chi connectivity index (χ1) is 8.99. The topological polar surface area (TPSA) is 34.1 Å². The molecule has 0 aromatic carbocycles. The van der Waals surface area contributed by atoms with Gasteiger partial charge in [0.05, 0.1) is 5.69 Å². The molecule has 1 aromatic heterocycles. The number of rotatable bonds is 5. The summed E-state index contributed by atoms with van der Waals surface area (Å²) in [6.07, 6.45) is 4.78. The summed E-state index contributed by atoms with van der Waals surface area (Å²) < 4.78 is 5.76. The van der Waals surface area contributed by atoms with Gasteiger partial charge >= 0.3 is 0 Å². The van der Waals surface area contributed by atoms with Crippen LogP contribution in [0.5, 0.6) is 0 Å². The normalized spacial score (nSPS) is 20.1. The lowest BCUT2D eigenvalue weighted by Crippen LogP contribution is -2.35. The first-order valence-electron chi connectivity index (χ1n) is 7.34. The molecule has 0 saturated carbocycles. The van der Waals surface area contributed by atoms with E-state index in [9.17, 15) is 0 Å². The van der Waals surface area contributed by atoms with Crippen LogP contribution in [-0.2, 0) is 17.7 Å². The fourth-order valence-electron chi connectivity index (χ4n) is 2.23. The highest BCUT2D eigenvalue weighted by atomic mass is 32.1. The average Bonchev–Trinajstić information content (AvgIpc) is 2.94. The molecular weight excluding hydrogens is 256 g/mol. The van der Waals surface area contributed by atoms with Gasteiger partial charge in [0, 0.05) is 23.6 Å². The first-order valence-corrected chi connectivity index (χ1v) is 8.16. The second-order valence-corrected chi connectivity index (χ2v) is 7.39. The Balaban J connectivity index is 2.10. The van der Waals surface area contributed by atoms with Crippen molar-refractivity contribution in [1.82, 2.24) is 10.3 Å². The third kappa shape index (κ3) is 4.26. The Morgan fingerprint density at radius 3 is 2.79 bits per heavy atom. The smallest absolute Gasteiger partial charge is 0.122 e. The maximum atomic E-state index is 5.76. The fourth-order valence-corrected chi connectivity index (χ4v) is 3.36. The van der Waals surface area contributed by atoms with E-state index in [0.717, 1.165) is 32.4 Å². The lowest BCUT2D eigenvalue weighted by Gasteiger charge is -2.20. The number of hydrogen-bond donors (Lipinski definition) is 1. The van der Waals surface area contributed by atoms with Crippen LogP contribution in [0, 0.1) is 0 Å². The highest BCUT2D eigenvalue weighted by Crippen LogP contribution is 2.33. The lowest BCUT2D eigenvalue weighted by molar-refractivity contribution is 0.111. The van der Waals surface area contributed by atoms with Gasteiger partial charge in [0.15, 0.2) is 0 Å². The zero-order valence-corrected chi connectivity index (χ0v) is 13.4. The van der Waals surface area contributed by atoms with Crippen LogP contribution < -0.4 is 5.32 Å². The third-order valence-corrected chi connectivity index (χ3v) is 4.46. The molecular formula is C15H26N2OS. The van der Waals surface area contributed by atoms with Gasteiger partial charge in [0.1, 0.15) is 11.1 Å². The molecule has 1 atom stereocenters. The predicted molar refractivity (Wildman–Crippen MR) is 80.6 cm³/mol. The minimum Gasteiger partial charge on any atom is -0.371 e. The molecule has 1 saturated heterocycles. The van der Waals surface area contributed by atoms with Crippen LogP contribution >= 0.6 is 11.3 Å². The number of hydrogen-bond acceptors (Lipinski definition) is 4. The van der Waals surface area contributed by atoms with Crippen LogP contribution in [0.15, 0.2) is 0 Å². The quantitative estimate of drug-likeness (QED) is 0.891. The SMILES string of the molecule is CCCc1nc(C2CCCO2)sc1CNC(C)(C)C. The Hall–Kier alpha value is -0.450. The highest BCUT2D eigenvalue weighted by molar-refractivity contribution is 7.11. The van der Waals surface area contributed by atoms with Gasteiger partial charge in [-0.1, -0.05) is 13.3 Å². The minimum absolute atomic E-state index is 0.150. The van der Waals surface area contributed by atoms with Crippen molar-refractivity contribution in [2.24, 2.45) is 0 Å². The second kappa shape index (κ2) is 6.33. The standard InChI is InChI=1S/C15H26N2OS/c1-5-7-11-13(10-16-15(2,3)4)19-14(17-11)12-8-6-9-18-12/h12,16H,5-10H2,1-4H3. The summed E-state index contributed by atoms with van der Waals surface area (Å²) in [7, 11) is 0. The van der Waals surface area contributed by atoms with E-state index in [1.807, 2.05) is 11.3 Å². The van der Waals surface area contributed by atoms with Crippen molar-refractivity contribution in [1.29, 1.82) is 0 Å². The van der Waals surface area contributed by atoms with Gasteiger partial charge in [-0.25, -0.2) is 4.98 Å². The molecule has 2 rings (SSSR count). The van der Waals surface area contributed by atoms with E-state index in [1.165, 1.54) is 22.0 Å². The predicted octanol–water partition coefficient (Wildman–Crippen LogP) is 3.84. The maximum absolute atomic E-state index is 5.76. The molecule has 1 unspecified atom stereocenters. The number of ether oxygens (including phenoxy) is 1. The van der Waals surface area contributed by atoms with E-state index < -0.39 is 0 Å². The molecule has 1 aliphatic heterocycles. The van der Waals surface area contributed by atoms with Crippen molar-refractivity contribution >= 4 is 11.3 Å². The molecule has 0 radical (unpaired) electrons. The largest absolute Gasteiger partial charge is 0.371 e. The molecule has 1 aromatic rings. The zero-order valence-electron chi connectivity index (χ0n) is 12.6. The second-order valence-electron chi connectivity index (χ2n) is 6.28. The molecule has 0 amide bonds. The van der Waals surface area contributed by atoms with Gasteiger partial charge in [-0.3, -0.25) is 0 Å². The summed E-state index contributed by atoms with van der Waals surface area (Å²) in [4.78, 5) is 6.23. The van der Waals surface area contributed by atoms with Crippen LogP contribution in [-0.4, -0.2) is 17.1 Å². The summed E-state index contributed by atoms with van der Waals surface area (Å²) in [6, 6.07) is 0. The first kappa shape index (κ1) is 14.9. The number of aryl methyl sites for hydroxylation is 1. The molecule has 3 nitrogen and oxygen atoms in total. The van der Waals surface area contributed by atoms with Crippen molar-refractivity contribution in [2.45, 2.75) is 71.6 Å². The van der Waals surface area contributed by atoms with Crippen LogP contribution in [0.25, 0.3) is 0 Å². The monoisotopic (exact) mass is 282 g/mol. The maximum Gasteiger partial charge on any atom is 0.122 e. The Morgan fingerprint density at radius 2 is 2.21 bits per heavy atom. The van der Waals surface area contributed by atoms with Crippen LogP contribution in [0.4, 0.5) is 0 Å². The summed E-state index contributed by atoms with van der Waals surface area (Å²) in [6.45, 7) is 10.6. The van der Waals surface area contributed by atoms with E-state index in [2.05, 4.69) is 33.0 Å². The average molecular weight is 282 g/mol. The van der Waals surface area contributed by atoms with Gasteiger partial charge < -0.3 is 10.1 Å². The van der Waals surface area contributed by atoms with E-state index in [1.54, 1.807) is 0 Å². The van der Waals surface area contributed by atoms with Crippen molar-refractivity contribution in [3.05, 3.63) is 15.6 Å². The molecule has 1 fully saturated rings. The summed E-state index contributed by atoms with van der Waals surface area (Å²) in [5.41, 5.74) is 1.42. The minimum atomic E-state index is 0.150. The van der Waals surface area contributed by atoms with Crippen molar-refractivity contribution in [2.75, 3.05) is 6.61 Å². The number of nitrogens with one attached hydrogen (secondary N) is 1. The fraction of sp³-hybridized carbons (Fsp3) is 0.800. The van der Waals surface area contributed by atoms with E-state index in [4.69, 9.17) is 9.72 Å². The molecule has 0 spiro atoms. The molecule has 4 heteroatoms. The Morgan fingerprint density at radius 1 is 1.42 bits per heavy atom. The summed E-state index contributed by atoms with van der Waals surface area (Å²) in [5.74, 6) is 0. The van der Waals surface area contributed by atoms with Crippen molar-refractivity contribution in [3.8, 4) is 0 Å². The molecule has 108 valence electrons. The van der Waals surface area contributed by atoms with Gasteiger partial charge in [-0.05, 0) is 40.0 Å². The molecule has 0 bridgehead atoms. The molecule has 19 heavy (non-hydrogen) atoms. The molecule has 2 heterocycles.